The maximum absolute atomic E-state index is 12.8. The molecule has 1 aliphatic heterocycles. The maximum atomic E-state index is 12.8. The van der Waals surface area contributed by atoms with Crippen LogP contribution in [0.15, 0.2) is 46.2 Å². The largest absolute Gasteiger partial charge is 0.218 e. The van der Waals surface area contributed by atoms with Crippen molar-refractivity contribution in [2.45, 2.75) is 13.8 Å². The Morgan fingerprint density at radius 2 is 1.26 bits per heavy atom. The van der Waals surface area contributed by atoms with E-state index in [1.807, 2.05) is 48.9 Å². The van der Waals surface area contributed by atoms with Crippen LogP contribution in [0.25, 0.3) is 9.81 Å². The maximum Gasteiger partial charge on any atom is 0.209 e. The second-order valence-corrected chi connectivity index (χ2v) is 8.09. The van der Waals surface area contributed by atoms with Crippen molar-refractivity contribution in [3.63, 3.8) is 0 Å². The van der Waals surface area contributed by atoms with Gasteiger partial charge in [-0.15, -0.1) is 22.7 Å². The summed E-state index contributed by atoms with van der Waals surface area (Å²) in [5.41, 5.74) is 1.73. The normalized spacial score (nSPS) is 18.4. The van der Waals surface area contributed by atoms with Crippen LogP contribution in [0.2, 0.25) is 0 Å². The van der Waals surface area contributed by atoms with E-state index in [9.17, 15) is 8.42 Å². The molecule has 5 heteroatoms. The third-order valence-electron chi connectivity index (χ3n) is 3.27. The van der Waals surface area contributed by atoms with Crippen molar-refractivity contribution in [1.82, 2.24) is 0 Å². The molecular weight excluding hydrogens is 296 g/mol. The number of hydrogen-bond acceptors (Lipinski definition) is 4. The fourth-order valence-electron chi connectivity index (χ4n) is 2.30. The third kappa shape index (κ3) is 1.84. The molecule has 0 N–H and O–H groups in total. The Labute approximate surface area is 120 Å². The molecule has 3 heterocycles. The van der Waals surface area contributed by atoms with E-state index < -0.39 is 9.84 Å². The lowest BCUT2D eigenvalue weighted by Crippen LogP contribution is -2.00. The van der Waals surface area contributed by atoms with E-state index in [2.05, 4.69) is 0 Å². The topological polar surface area (TPSA) is 34.1 Å². The van der Waals surface area contributed by atoms with Gasteiger partial charge in [-0.25, -0.2) is 8.42 Å². The van der Waals surface area contributed by atoms with Gasteiger partial charge in [-0.2, -0.15) is 0 Å². The average molecular weight is 308 g/mol. The number of thiophene rings is 2. The van der Waals surface area contributed by atoms with E-state index in [4.69, 9.17) is 0 Å². The number of hydrogen-bond donors (Lipinski definition) is 0. The standard InChI is InChI=1S/C14H12O2S3/c1-9-10(2)14(12-6-4-8-18-12)19(15,16)13(9)11-5-3-7-17-11/h3-8H,1-2H3. The summed E-state index contributed by atoms with van der Waals surface area (Å²) in [6, 6.07) is 7.50. The third-order valence-corrected chi connectivity index (χ3v) is 7.43. The van der Waals surface area contributed by atoms with Crippen LogP contribution in [0, 0.1) is 0 Å². The van der Waals surface area contributed by atoms with Crippen molar-refractivity contribution in [3.05, 3.63) is 55.9 Å². The minimum atomic E-state index is -3.39. The van der Waals surface area contributed by atoms with E-state index in [1.54, 1.807) is 0 Å². The Morgan fingerprint density at radius 3 is 1.58 bits per heavy atom. The molecule has 1 aliphatic rings. The lowest BCUT2D eigenvalue weighted by Gasteiger charge is -2.04. The number of sulfone groups is 1. The highest BCUT2D eigenvalue weighted by Crippen LogP contribution is 2.47. The highest BCUT2D eigenvalue weighted by Gasteiger charge is 2.36. The van der Waals surface area contributed by atoms with Crippen LogP contribution in [0.1, 0.15) is 23.6 Å². The number of allylic oxidation sites excluding steroid dienone is 2. The van der Waals surface area contributed by atoms with E-state index in [-0.39, 0.29) is 0 Å². The van der Waals surface area contributed by atoms with E-state index in [1.165, 1.54) is 22.7 Å². The first-order valence-corrected chi connectivity index (χ1v) is 9.02. The van der Waals surface area contributed by atoms with Gasteiger partial charge in [0.15, 0.2) is 0 Å². The van der Waals surface area contributed by atoms with E-state index in [0.717, 1.165) is 20.9 Å². The van der Waals surface area contributed by atoms with Crippen molar-refractivity contribution in [2.24, 2.45) is 0 Å². The Hall–Kier alpha value is -1.17. The molecule has 0 unspecified atom stereocenters. The van der Waals surface area contributed by atoms with Crippen LogP contribution < -0.4 is 0 Å². The summed E-state index contributed by atoms with van der Waals surface area (Å²) in [5, 5.41) is 3.81. The molecule has 0 spiro atoms. The molecule has 0 radical (unpaired) electrons. The molecule has 0 saturated carbocycles. The molecule has 0 aromatic carbocycles. The molecule has 0 bridgehead atoms. The summed E-state index contributed by atoms with van der Waals surface area (Å²) < 4.78 is 25.6. The summed E-state index contributed by atoms with van der Waals surface area (Å²) >= 11 is 2.93. The zero-order valence-electron chi connectivity index (χ0n) is 10.5. The summed E-state index contributed by atoms with van der Waals surface area (Å²) in [5.74, 6) is 0. The average Bonchev–Trinajstić information content (AvgIpc) is 3.02. The van der Waals surface area contributed by atoms with Gasteiger partial charge < -0.3 is 0 Å². The monoisotopic (exact) mass is 308 g/mol. The molecule has 0 fully saturated rings. The molecular formula is C14H12O2S3. The minimum Gasteiger partial charge on any atom is -0.218 e. The van der Waals surface area contributed by atoms with Gasteiger partial charge in [0, 0.05) is 9.75 Å². The Kier molecular flexibility index (Phi) is 3.00. The zero-order chi connectivity index (χ0) is 13.6. The molecule has 0 aliphatic carbocycles. The number of rotatable bonds is 2. The fourth-order valence-corrected chi connectivity index (χ4v) is 6.67. The van der Waals surface area contributed by atoms with Gasteiger partial charge in [-0.3, -0.25) is 0 Å². The Morgan fingerprint density at radius 1 is 0.842 bits per heavy atom. The predicted molar refractivity (Wildman–Crippen MR) is 82.7 cm³/mol. The SMILES string of the molecule is CC1=C(c2cccs2)S(=O)(=O)C(c2cccs2)=C1C. The second kappa shape index (κ2) is 4.44. The van der Waals surface area contributed by atoms with Gasteiger partial charge in [0.1, 0.15) is 0 Å². The van der Waals surface area contributed by atoms with Gasteiger partial charge in [-0.1, -0.05) is 12.1 Å². The van der Waals surface area contributed by atoms with Gasteiger partial charge in [0.05, 0.1) is 9.81 Å². The molecule has 19 heavy (non-hydrogen) atoms. The molecule has 0 saturated heterocycles. The van der Waals surface area contributed by atoms with Gasteiger partial charge in [0.25, 0.3) is 0 Å². The lowest BCUT2D eigenvalue weighted by molar-refractivity contribution is 0.615. The van der Waals surface area contributed by atoms with E-state index in [0.29, 0.717) is 9.81 Å². The first kappa shape index (κ1) is 12.8. The molecule has 2 aromatic rings. The Bertz CT molecular complexity index is 712. The van der Waals surface area contributed by atoms with Crippen molar-refractivity contribution in [1.29, 1.82) is 0 Å². The van der Waals surface area contributed by atoms with Crippen molar-refractivity contribution >= 4 is 42.3 Å². The molecule has 2 nitrogen and oxygen atoms in total. The molecule has 0 atom stereocenters. The van der Waals surface area contributed by atoms with Crippen LogP contribution in [0.3, 0.4) is 0 Å². The van der Waals surface area contributed by atoms with Crippen LogP contribution in [-0.4, -0.2) is 8.42 Å². The van der Waals surface area contributed by atoms with Crippen LogP contribution >= 0.6 is 22.7 Å². The molecule has 2 aromatic heterocycles. The minimum absolute atomic E-state index is 0.475. The molecule has 3 rings (SSSR count). The quantitative estimate of drug-likeness (QED) is 0.824. The smallest absolute Gasteiger partial charge is 0.209 e. The van der Waals surface area contributed by atoms with Crippen molar-refractivity contribution < 1.29 is 8.42 Å². The highest BCUT2D eigenvalue weighted by atomic mass is 32.2. The first-order valence-electron chi connectivity index (χ1n) is 5.78. The van der Waals surface area contributed by atoms with Gasteiger partial charge >= 0.3 is 0 Å². The fraction of sp³-hybridized carbons (Fsp3) is 0.143. The molecule has 98 valence electrons. The second-order valence-electron chi connectivity index (χ2n) is 4.37. The van der Waals surface area contributed by atoms with Crippen molar-refractivity contribution in [2.75, 3.05) is 0 Å². The van der Waals surface area contributed by atoms with Crippen LogP contribution in [0.4, 0.5) is 0 Å². The summed E-state index contributed by atoms with van der Waals surface area (Å²) in [7, 11) is -3.39. The summed E-state index contributed by atoms with van der Waals surface area (Å²) in [6.45, 7) is 3.78. The zero-order valence-corrected chi connectivity index (χ0v) is 13.0. The van der Waals surface area contributed by atoms with Gasteiger partial charge in [-0.05, 0) is 47.9 Å². The lowest BCUT2D eigenvalue weighted by atomic mass is 10.1. The first-order chi connectivity index (χ1) is 9.03. The van der Waals surface area contributed by atoms with Crippen LogP contribution in [-0.2, 0) is 9.84 Å². The predicted octanol–water partition coefficient (Wildman–Crippen LogP) is 4.40. The summed E-state index contributed by atoms with van der Waals surface area (Å²) in [6.07, 6.45) is 0. The van der Waals surface area contributed by atoms with Crippen LogP contribution in [0.5, 0.6) is 0 Å². The van der Waals surface area contributed by atoms with Crippen molar-refractivity contribution in [3.8, 4) is 0 Å². The Balaban J connectivity index is 2.25. The van der Waals surface area contributed by atoms with Gasteiger partial charge in [0.2, 0.25) is 9.84 Å². The van der Waals surface area contributed by atoms with E-state index >= 15 is 0 Å². The summed E-state index contributed by atoms with van der Waals surface area (Å²) in [4.78, 5) is 2.60. The highest BCUT2D eigenvalue weighted by molar-refractivity contribution is 8.09. The molecule has 0 amide bonds.